The van der Waals surface area contributed by atoms with Gasteiger partial charge in [0, 0.05) is 12.5 Å². The number of piperidine rings is 1. The van der Waals surface area contributed by atoms with Gasteiger partial charge in [-0.05, 0) is 52.2 Å². The van der Waals surface area contributed by atoms with E-state index < -0.39 is 0 Å². The highest BCUT2D eigenvalue weighted by molar-refractivity contribution is 7.17. The molecule has 1 aliphatic heterocycles. The Labute approximate surface area is 156 Å². The minimum atomic E-state index is -0.142. The largest absolute Gasteiger partial charge is 0.492 e. The van der Waals surface area contributed by atoms with Crippen molar-refractivity contribution in [3.63, 3.8) is 0 Å². The Morgan fingerprint density at radius 1 is 1.42 bits per heavy atom. The summed E-state index contributed by atoms with van der Waals surface area (Å²) in [6, 6.07) is 4.17. The highest BCUT2D eigenvalue weighted by atomic mass is 32.1. The van der Waals surface area contributed by atoms with Gasteiger partial charge in [0.1, 0.15) is 11.8 Å². The Kier molecular flexibility index (Phi) is 4.73. The molecular formula is C18H25N5O2S. The number of fused-ring (bicyclic) bond motifs is 1. The summed E-state index contributed by atoms with van der Waals surface area (Å²) in [6.07, 6.45) is 4.64. The van der Waals surface area contributed by atoms with Crippen LogP contribution in [0.2, 0.25) is 0 Å². The molecule has 3 aromatic rings. The van der Waals surface area contributed by atoms with Crippen molar-refractivity contribution in [2.24, 2.45) is 0 Å². The topological polar surface area (TPSA) is 70.0 Å². The molecule has 4 rings (SSSR count). The van der Waals surface area contributed by atoms with Crippen LogP contribution in [0.1, 0.15) is 42.3 Å². The Bertz CT molecular complexity index is 864. The number of hydrogen-bond acceptors (Lipinski definition) is 7. The second-order valence-corrected chi connectivity index (χ2v) is 7.99. The van der Waals surface area contributed by atoms with Crippen LogP contribution in [-0.2, 0) is 6.42 Å². The lowest BCUT2D eigenvalue weighted by Crippen LogP contribution is -2.43. The van der Waals surface area contributed by atoms with Gasteiger partial charge in [0.25, 0.3) is 0 Å². The molecule has 0 amide bonds. The van der Waals surface area contributed by atoms with Crippen LogP contribution >= 0.6 is 11.3 Å². The fourth-order valence-corrected chi connectivity index (χ4v) is 4.83. The molecule has 0 aliphatic carbocycles. The molecule has 0 radical (unpaired) electrons. The first-order valence-corrected chi connectivity index (χ1v) is 9.91. The van der Waals surface area contributed by atoms with Crippen molar-refractivity contribution in [2.45, 2.75) is 38.3 Å². The van der Waals surface area contributed by atoms with Crippen molar-refractivity contribution >= 4 is 16.3 Å². The normalized spacial score (nSPS) is 18.2. The van der Waals surface area contributed by atoms with E-state index in [1.807, 2.05) is 19.1 Å². The lowest BCUT2D eigenvalue weighted by Gasteiger charge is -2.38. The van der Waals surface area contributed by atoms with E-state index in [0.29, 0.717) is 6.04 Å². The van der Waals surface area contributed by atoms with Gasteiger partial charge < -0.3 is 14.4 Å². The van der Waals surface area contributed by atoms with E-state index in [-0.39, 0.29) is 11.9 Å². The Hall–Kier alpha value is -1.90. The third kappa shape index (κ3) is 3.02. The van der Waals surface area contributed by atoms with E-state index >= 15 is 0 Å². The lowest BCUT2D eigenvalue weighted by atomic mass is 10.0. The smallest absolute Gasteiger partial charge is 0.230 e. The maximum Gasteiger partial charge on any atom is 0.230 e. The summed E-state index contributed by atoms with van der Waals surface area (Å²) in [5.41, 5.74) is 0. The van der Waals surface area contributed by atoms with Crippen molar-refractivity contribution in [1.29, 1.82) is 0 Å². The summed E-state index contributed by atoms with van der Waals surface area (Å²) in [4.78, 5) is 10.8. The molecule has 1 fully saturated rings. The highest BCUT2D eigenvalue weighted by Gasteiger charge is 2.34. The Morgan fingerprint density at radius 2 is 2.19 bits per heavy atom. The van der Waals surface area contributed by atoms with Crippen LogP contribution in [0.5, 0.6) is 5.88 Å². The van der Waals surface area contributed by atoms with Crippen LogP contribution in [0, 0.1) is 0 Å². The highest BCUT2D eigenvalue weighted by Crippen LogP contribution is 2.41. The van der Waals surface area contributed by atoms with Gasteiger partial charge in [0.2, 0.25) is 10.8 Å². The van der Waals surface area contributed by atoms with Crippen LogP contribution in [0.3, 0.4) is 0 Å². The van der Waals surface area contributed by atoms with Gasteiger partial charge in [0.05, 0.1) is 11.1 Å². The third-order valence-electron chi connectivity index (χ3n) is 5.29. The number of rotatable bonds is 5. The van der Waals surface area contributed by atoms with E-state index in [4.69, 9.17) is 4.42 Å². The molecule has 0 spiro atoms. The minimum Gasteiger partial charge on any atom is -0.492 e. The molecule has 7 nitrogen and oxygen atoms in total. The van der Waals surface area contributed by atoms with Gasteiger partial charge in [-0.2, -0.15) is 4.52 Å². The molecule has 0 aromatic carbocycles. The summed E-state index contributed by atoms with van der Waals surface area (Å²) in [5.74, 6) is 1.75. The number of furan rings is 1. The van der Waals surface area contributed by atoms with Gasteiger partial charge in [-0.15, -0.1) is 5.10 Å². The zero-order chi connectivity index (χ0) is 18.3. The first kappa shape index (κ1) is 17.5. The molecule has 3 aromatic heterocycles. The van der Waals surface area contributed by atoms with Crippen molar-refractivity contribution in [1.82, 2.24) is 24.4 Å². The van der Waals surface area contributed by atoms with Crippen LogP contribution in [-0.4, -0.2) is 62.7 Å². The number of likely N-dealkylation sites (tertiary alicyclic amines) is 1. The number of hydrogen-bond donors (Lipinski definition) is 1. The monoisotopic (exact) mass is 375 g/mol. The summed E-state index contributed by atoms with van der Waals surface area (Å²) < 4.78 is 7.30. The summed E-state index contributed by atoms with van der Waals surface area (Å²) >= 11 is 1.49. The molecule has 1 atom stereocenters. The summed E-state index contributed by atoms with van der Waals surface area (Å²) in [6.45, 7) is 4.18. The fraction of sp³-hybridized carbons (Fsp3) is 0.556. The van der Waals surface area contributed by atoms with E-state index in [0.717, 1.165) is 53.8 Å². The van der Waals surface area contributed by atoms with Crippen molar-refractivity contribution in [2.75, 3.05) is 27.2 Å². The first-order chi connectivity index (χ1) is 12.6. The quantitative estimate of drug-likeness (QED) is 0.739. The number of aromatic nitrogens is 3. The zero-order valence-corrected chi connectivity index (χ0v) is 16.2. The summed E-state index contributed by atoms with van der Waals surface area (Å²) in [7, 11) is 4.29. The predicted octanol–water partition coefficient (Wildman–Crippen LogP) is 2.77. The van der Waals surface area contributed by atoms with Crippen LogP contribution in [0.15, 0.2) is 22.8 Å². The third-order valence-corrected chi connectivity index (χ3v) is 6.36. The Balaban J connectivity index is 1.72. The lowest BCUT2D eigenvalue weighted by molar-refractivity contribution is 0.112. The van der Waals surface area contributed by atoms with Gasteiger partial charge in [0.15, 0.2) is 5.82 Å². The molecule has 1 N–H and O–H groups in total. The van der Waals surface area contributed by atoms with E-state index in [1.165, 1.54) is 11.3 Å². The van der Waals surface area contributed by atoms with E-state index in [2.05, 4.69) is 34.0 Å². The number of aryl methyl sites for hydroxylation is 1. The average Bonchev–Trinajstić information content (AvgIpc) is 3.35. The van der Waals surface area contributed by atoms with Crippen molar-refractivity contribution < 1.29 is 9.52 Å². The zero-order valence-electron chi connectivity index (χ0n) is 15.4. The minimum absolute atomic E-state index is 0.142. The standard InChI is InChI=1S/C18H25N5O2S/c1-4-14-19-18-23(20-14)17(24)16(26-18)15(13-6-5-11-25-13)22(3)12-7-9-21(2)10-8-12/h5-6,11-12,15,24H,4,7-10H2,1-3H3. The van der Waals surface area contributed by atoms with E-state index in [9.17, 15) is 5.11 Å². The van der Waals surface area contributed by atoms with Crippen LogP contribution in [0.4, 0.5) is 0 Å². The van der Waals surface area contributed by atoms with E-state index in [1.54, 1.807) is 10.8 Å². The molecular weight excluding hydrogens is 350 g/mol. The Morgan fingerprint density at radius 3 is 2.81 bits per heavy atom. The van der Waals surface area contributed by atoms with Crippen LogP contribution in [0.25, 0.3) is 4.96 Å². The average molecular weight is 375 g/mol. The van der Waals surface area contributed by atoms with Gasteiger partial charge in [-0.3, -0.25) is 4.90 Å². The molecule has 0 bridgehead atoms. The molecule has 1 aliphatic rings. The molecule has 140 valence electrons. The van der Waals surface area contributed by atoms with Crippen molar-refractivity contribution in [3.05, 3.63) is 34.9 Å². The molecule has 8 heteroatoms. The number of aromatic hydroxyl groups is 1. The molecule has 1 saturated heterocycles. The number of thiazole rings is 1. The second kappa shape index (κ2) is 7.02. The molecule has 26 heavy (non-hydrogen) atoms. The molecule has 4 heterocycles. The SMILES string of the molecule is CCc1nc2sc(C(c3ccco3)N(C)C3CCN(C)CC3)c(O)n2n1. The maximum atomic E-state index is 10.9. The maximum absolute atomic E-state index is 10.9. The number of nitrogens with zero attached hydrogens (tertiary/aromatic N) is 5. The first-order valence-electron chi connectivity index (χ1n) is 9.09. The predicted molar refractivity (Wildman–Crippen MR) is 101 cm³/mol. The van der Waals surface area contributed by atoms with Crippen molar-refractivity contribution in [3.8, 4) is 5.88 Å². The van der Waals surface area contributed by atoms with Gasteiger partial charge in [-0.1, -0.05) is 18.3 Å². The second-order valence-electron chi connectivity index (χ2n) is 6.98. The molecule has 1 unspecified atom stereocenters. The van der Waals surface area contributed by atoms with Gasteiger partial charge >= 0.3 is 0 Å². The molecule has 0 saturated carbocycles. The summed E-state index contributed by atoms with van der Waals surface area (Å²) in [5, 5.41) is 15.3. The van der Waals surface area contributed by atoms with Crippen LogP contribution < -0.4 is 0 Å². The van der Waals surface area contributed by atoms with Gasteiger partial charge in [-0.25, -0.2) is 4.98 Å². The fourth-order valence-electron chi connectivity index (χ4n) is 3.69.